The second-order valence-corrected chi connectivity index (χ2v) is 35.3. The number of carboxylic acid groups (broad SMARTS) is 1. The lowest BCUT2D eigenvalue weighted by molar-refractivity contribution is -0.147. The molecule has 0 spiro atoms. The first-order valence-corrected chi connectivity index (χ1v) is 41.9. The van der Waals surface area contributed by atoms with Crippen LogP contribution in [0, 0.1) is 0 Å². The minimum atomic E-state index is -1.11. The van der Waals surface area contributed by atoms with Crippen molar-refractivity contribution < 1.29 is 139 Å². The molecule has 6 atom stereocenters. The molecule has 0 saturated carbocycles. The van der Waals surface area contributed by atoms with Crippen LogP contribution in [0.1, 0.15) is 184 Å². The number of ether oxygens (including phenoxy) is 11. The number of alkyl carbamates (subject to hydrolysis) is 5. The second-order valence-electron chi connectivity index (χ2n) is 35.3. The molecule has 3 aliphatic rings. The molecule has 0 aromatic carbocycles. The molecule has 0 bridgehead atoms. The van der Waals surface area contributed by atoms with Gasteiger partial charge in [0.2, 0.25) is 29.5 Å². The highest BCUT2D eigenvalue weighted by molar-refractivity contribution is 5.92. The van der Waals surface area contributed by atoms with E-state index in [-0.39, 0.29) is 95.3 Å². The number of rotatable bonds is 32. The van der Waals surface area contributed by atoms with Gasteiger partial charge in [0.15, 0.2) is 0 Å². The molecule has 3 heterocycles. The van der Waals surface area contributed by atoms with Crippen molar-refractivity contribution in [2.24, 2.45) is 5.73 Å². The molecular formula is C91H150N12O29. The predicted molar refractivity (Wildman–Crippen MR) is 493 cm³/mol. The summed E-state index contributed by atoms with van der Waals surface area (Å²) in [5, 5.41) is 24.0. The largest absolute Gasteiger partial charge is 0.480 e. The minimum absolute atomic E-state index is 0.0335. The fraction of sp³-hybridized carbons (Fsp3) is 0.615. The zero-order valence-corrected chi connectivity index (χ0v) is 82.6. The third kappa shape index (κ3) is 63.5. The van der Waals surface area contributed by atoms with Crippen molar-refractivity contribution in [3.63, 3.8) is 0 Å². The first-order chi connectivity index (χ1) is 60.7. The van der Waals surface area contributed by atoms with Gasteiger partial charge in [-0.2, -0.15) is 0 Å². The van der Waals surface area contributed by atoms with Crippen LogP contribution in [-0.2, 0) is 110 Å². The van der Waals surface area contributed by atoms with Crippen molar-refractivity contribution in [2.75, 3.05) is 121 Å². The van der Waals surface area contributed by atoms with Gasteiger partial charge in [0.25, 0.3) is 0 Å². The van der Waals surface area contributed by atoms with Crippen LogP contribution in [0.15, 0.2) is 109 Å². The van der Waals surface area contributed by atoms with Crippen LogP contribution in [0.5, 0.6) is 0 Å². The highest BCUT2D eigenvalue weighted by Gasteiger charge is 2.36. The first kappa shape index (κ1) is 126. The lowest BCUT2D eigenvalue weighted by Gasteiger charge is -2.28. The summed E-state index contributed by atoms with van der Waals surface area (Å²) >= 11 is 0. The van der Waals surface area contributed by atoms with Gasteiger partial charge in [-0.25, -0.2) is 28.8 Å². The Morgan fingerprint density at radius 2 is 0.674 bits per heavy atom. The maximum atomic E-state index is 12.7. The Balaban J connectivity index is -0.000000734. The second kappa shape index (κ2) is 63.6. The Kier molecular flexibility index (Phi) is 60.6. The Labute approximate surface area is 778 Å². The van der Waals surface area contributed by atoms with Crippen LogP contribution in [0.2, 0.25) is 0 Å². The topological polar surface area (TPSA) is 526 Å². The molecule has 748 valence electrons. The number of nitrogens with zero attached hydrogens (tertiary/aromatic N) is 5. The SMILES string of the molecule is C=C(C)CNCC(=O)OC.C=CCC(NC(=O)OC(C)(C)C)C(=O)N(CC(=C)C)CC(=O)OC.C=CCC(NC(=O)OC(C)(C)C)C(=O)N(CC(=C)C)CC(=O)OC.C=CCC(NC(=O)OC(C)(C)C)C(=O)O.COC(=O)CN1CC(C)=CCC(N)C1=O.COC(=O)CN1CC(C)=CCC(NC(=O)OC(C)(C)C)C1=O.COC(=O)CN1CC(C)=CCC(NC(=O)OC(C)(C)C)C1=O. The molecule has 0 aromatic heterocycles. The number of carbonyl (C=O) groups excluding carboxylic acids is 16. The van der Waals surface area contributed by atoms with Gasteiger partial charge in [-0.1, -0.05) is 89.6 Å². The van der Waals surface area contributed by atoms with E-state index in [0.29, 0.717) is 56.6 Å². The van der Waals surface area contributed by atoms with Gasteiger partial charge in [-0.3, -0.25) is 52.7 Å². The van der Waals surface area contributed by atoms with Gasteiger partial charge < -0.3 is 119 Å². The Morgan fingerprint density at radius 1 is 0.409 bits per heavy atom. The van der Waals surface area contributed by atoms with Gasteiger partial charge >= 0.3 is 72.3 Å². The van der Waals surface area contributed by atoms with Crippen molar-refractivity contribution in [3.8, 4) is 0 Å². The number of hydrogen-bond donors (Lipinski definition) is 8. The van der Waals surface area contributed by atoms with E-state index < -0.39 is 142 Å². The number of hydrogen-bond acceptors (Lipinski definition) is 30. The van der Waals surface area contributed by atoms with E-state index in [1.165, 1.54) is 85.4 Å². The normalized spacial score (nSPS) is 15.3. The lowest BCUT2D eigenvalue weighted by Crippen LogP contribution is -2.51. The summed E-state index contributed by atoms with van der Waals surface area (Å²) in [5.41, 5.74) is 7.70. The van der Waals surface area contributed by atoms with Crippen LogP contribution in [0.25, 0.3) is 0 Å². The molecule has 9 N–H and O–H groups in total. The summed E-state index contributed by atoms with van der Waals surface area (Å²) in [6.07, 6.45) is 8.47. The fourth-order valence-electron chi connectivity index (χ4n) is 10.4. The fourth-order valence-corrected chi connectivity index (χ4v) is 10.4. The third-order valence-corrected chi connectivity index (χ3v) is 16.1. The molecule has 6 unspecified atom stereocenters. The summed E-state index contributed by atoms with van der Waals surface area (Å²) in [4.78, 5) is 206. The summed E-state index contributed by atoms with van der Waals surface area (Å²) in [5.74, 6) is -5.63. The number of methoxy groups -OCH3 is 6. The molecule has 0 saturated heterocycles. The van der Waals surface area contributed by atoms with Crippen LogP contribution < -0.4 is 37.6 Å². The summed E-state index contributed by atoms with van der Waals surface area (Å²) < 4.78 is 52.9. The van der Waals surface area contributed by atoms with Gasteiger partial charge in [0.05, 0.1) is 55.2 Å². The highest BCUT2D eigenvalue weighted by Crippen LogP contribution is 2.19. The summed E-state index contributed by atoms with van der Waals surface area (Å²) in [6, 6.07) is -4.82. The average Bonchev–Trinajstić information content (AvgIpc) is 1.78. The van der Waals surface area contributed by atoms with Crippen LogP contribution >= 0.6 is 0 Å². The highest BCUT2D eigenvalue weighted by atomic mass is 16.6. The quantitative estimate of drug-likeness (QED) is 0.0179. The standard InChI is InChI=1S/2C17H28N2O5.2C15H24N2O5.C10H16N2O3.C10H17NO4.C7H13NO2/c2*1-8-9-13(18-16(22)24-17(4,5)6)15(21)19(10-12(2)3)11-14(20)23-7;2*1-10-6-7-11(16-14(20)22-15(2,3)4)13(19)17(8-10)9-12(18)21-5;1-7-3-4-8(11)10(14)12(5-7)6-9(13)15-2;1-5-6-7(8(12)13)11-9(14)15-10(2,3)4;1-6(2)4-8-5-7(9)10-3/h2*8,13H,1-2,9-11H2,3-7H3,(H,18,22);2*6,11H,7-9H2,1-5H3,(H,16,20);3,8H,4-6,11H2,1-2H3;5,7H,1,6H2,2-4H3,(H,11,14)(H,12,13);8H,1,4-5H2,2-3H3. The third-order valence-electron chi connectivity index (χ3n) is 16.1. The van der Waals surface area contributed by atoms with Crippen molar-refractivity contribution in [3.05, 3.63) is 109 Å². The molecule has 132 heavy (non-hydrogen) atoms. The molecule has 0 aromatic rings. The van der Waals surface area contributed by atoms with Crippen LogP contribution in [-0.4, -0.2) is 317 Å². The van der Waals surface area contributed by atoms with Crippen molar-refractivity contribution in [2.45, 2.75) is 248 Å². The molecule has 0 radical (unpaired) electrons. The number of nitrogens with two attached hydrogens (primary N) is 1. The Morgan fingerprint density at radius 3 is 0.932 bits per heavy atom. The van der Waals surface area contributed by atoms with Crippen molar-refractivity contribution >= 4 is 102 Å². The number of carbonyl (C=O) groups is 17. The molecular weight excluding hydrogens is 1730 g/mol. The van der Waals surface area contributed by atoms with E-state index in [4.69, 9.17) is 34.5 Å². The number of amides is 10. The van der Waals surface area contributed by atoms with Gasteiger partial charge in [-0.05, 0) is 184 Å². The molecule has 3 rings (SSSR count). The Bertz CT molecular complexity index is 3830. The summed E-state index contributed by atoms with van der Waals surface area (Å²) in [7, 11) is 7.68. The molecule has 41 nitrogen and oxygen atoms in total. The predicted octanol–water partition coefficient (Wildman–Crippen LogP) is 8.06. The molecule has 0 aliphatic carbocycles. The smallest absolute Gasteiger partial charge is 0.408 e. The Hall–Kier alpha value is -12.4. The molecule has 41 heteroatoms. The van der Waals surface area contributed by atoms with Crippen LogP contribution in [0.4, 0.5) is 24.0 Å². The van der Waals surface area contributed by atoms with Gasteiger partial charge in [0.1, 0.15) is 90.9 Å². The molecule has 3 aliphatic heterocycles. The van der Waals surface area contributed by atoms with E-state index in [1.54, 1.807) is 118 Å². The molecule has 10 amide bonds. The number of carboxylic acids is 1. The maximum absolute atomic E-state index is 12.7. The monoisotopic (exact) mass is 1880 g/mol. The minimum Gasteiger partial charge on any atom is -0.480 e. The van der Waals surface area contributed by atoms with E-state index in [9.17, 15) is 81.5 Å². The number of esters is 6. The maximum Gasteiger partial charge on any atom is 0.408 e. The lowest BCUT2D eigenvalue weighted by atomic mass is 10.1. The van der Waals surface area contributed by atoms with E-state index >= 15 is 0 Å². The zero-order valence-electron chi connectivity index (χ0n) is 82.6. The van der Waals surface area contributed by atoms with Gasteiger partial charge in [0, 0.05) is 39.3 Å². The van der Waals surface area contributed by atoms with E-state index in [2.05, 4.69) is 99.8 Å². The summed E-state index contributed by atoms with van der Waals surface area (Å²) in [6.45, 7) is 60.3. The van der Waals surface area contributed by atoms with Crippen molar-refractivity contribution in [1.29, 1.82) is 0 Å². The first-order valence-electron chi connectivity index (χ1n) is 41.9. The van der Waals surface area contributed by atoms with Crippen molar-refractivity contribution in [1.82, 2.24) is 56.4 Å². The van der Waals surface area contributed by atoms with E-state index in [1.807, 2.05) is 45.9 Å². The van der Waals surface area contributed by atoms with E-state index in [0.717, 1.165) is 22.3 Å². The molecule has 0 fully saturated rings. The average molecular weight is 1880 g/mol. The number of aliphatic carboxylic acids is 1. The van der Waals surface area contributed by atoms with Gasteiger partial charge in [-0.15, -0.1) is 19.7 Å². The zero-order chi connectivity index (χ0) is 103. The number of nitrogens with one attached hydrogen (secondary N) is 6. The van der Waals surface area contributed by atoms with Crippen LogP contribution in [0.3, 0.4) is 0 Å².